The van der Waals surface area contributed by atoms with E-state index in [0.717, 1.165) is 15.8 Å². The first-order valence-electron chi connectivity index (χ1n) is 6.26. The fourth-order valence-electron chi connectivity index (χ4n) is 2.82. The average molecular weight is 294 g/mol. The highest BCUT2D eigenvalue weighted by molar-refractivity contribution is 9.10. The van der Waals surface area contributed by atoms with Gasteiger partial charge in [0.25, 0.3) is 0 Å². The van der Waals surface area contributed by atoms with Gasteiger partial charge in [-0.1, -0.05) is 19.3 Å². The molecular weight excluding hydrogens is 278 g/mol. The quantitative estimate of drug-likeness (QED) is 0.799. The number of imidazole rings is 1. The molecule has 0 amide bonds. The molecule has 0 bridgehead atoms. The molecule has 0 unspecified atom stereocenters. The number of fused-ring (bicyclic) bond motifs is 1. The van der Waals surface area contributed by atoms with Crippen LogP contribution in [0.25, 0.3) is 5.52 Å². The predicted octanol–water partition coefficient (Wildman–Crippen LogP) is 3.85. The van der Waals surface area contributed by atoms with Gasteiger partial charge >= 0.3 is 0 Å². The molecule has 0 saturated heterocycles. The Hall–Kier alpha value is -0.900. The Morgan fingerprint density at radius 1 is 1.29 bits per heavy atom. The molecule has 3 rings (SSSR count). The van der Waals surface area contributed by atoms with Crippen molar-refractivity contribution < 1.29 is 0 Å². The molecule has 0 spiro atoms. The highest BCUT2D eigenvalue weighted by Crippen LogP contribution is 2.34. The second-order valence-electron chi connectivity index (χ2n) is 4.83. The van der Waals surface area contributed by atoms with Gasteiger partial charge in [0.2, 0.25) is 0 Å². The molecule has 90 valence electrons. The minimum absolute atomic E-state index is 0.615. The maximum atomic E-state index is 4.71. The van der Waals surface area contributed by atoms with Gasteiger partial charge in [-0.25, -0.2) is 4.98 Å². The van der Waals surface area contributed by atoms with E-state index in [9.17, 15) is 0 Å². The molecule has 0 radical (unpaired) electrons. The summed E-state index contributed by atoms with van der Waals surface area (Å²) >= 11 is 3.56. The van der Waals surface area contributed by atoms with Crippen molar-refractivity contribution in [3.8, 4) is 0 Å². The van der Waals surface area contributed by atoms with Gasteiger partial charge in [-0.3, -0.25) is 9.38 Å². The van der Waals surface area contributed by atoms with Crippen molar-refractivity contribution in [3.63, 3.8) is 0 Å². The van der Waals surface area contributed by atoms with Crippen LogP contribution in [0, 0.1) is 6.92 Å². The molecular formula is C13H16BrN3. The van der Waals surface area contributed by atoms with Crippen LogP contribution in [-0.2, 0) is 0 Å². The summed E-state index contributed by atoms with van der Waals surface area (Å²) in [5.41, 5.74) is 2.15. The molecule has 0 aliphatic heterocycles. The Morgan fingerprint density at radius 2 is 2.06 bits per heavy atom. The molecule has 0 N–H and O–H groups in total. The summed E-state index contributed by atoms with van der Waals surface area (Å²) in [5, 5.41) is 0. The standard InChI is InChI=1S/C13H16BrN3/c1-9-11-12(14)16-13(17(11)8-7-15-9)10-5-3-2-4-6-10/h7-8,10H,2-6H2,1H3. The first-order valence-corrected chi connectivity index (χ1v) is 7.05. The van der Waals surface area contributed by atoms with Crippen LogP contribution in [0.1, 0.15) is 49.5 Å². The van der Waals surface area contributed by atoms with Crippen molar-refractivity contribution in [1.29, 1.82) is 0 Å². The van der Waals surface area contributed by atoms with Crippen molar-refractivity contribution in [2.24, 2.45) is 0 Å². The van der Waals surface area contributed by atoms with Crippen LogP contribution in [0.4, 0.5) is 0 Å². The Labute approximate surface area is 109 Å². The van der Waals surface area contributed by atoms with E-state index in [1.165, 1.54) is 37.9 Å². The topological polar surface area (TPSA) is 30.2 Å². The van der Waals surface area contributed by atoms with Crippen molar-refractivity contribution in [3.05, 3.63) is 28.5 Å². The highest BCUT2D eigenvalue weighted by Gasteiger charge is 2.22. The molecule has 17 heavy (non-hydrogen) atoms. The van der Waals surface area contributed by atoms with Crippen LogP contribution >= 0.6 is 15.9 Å². The highest BCUT2D eigenvalue weighted by atomic mass is 79.9. The smallest absolute Gasteiger partial charge is 0.134 e. The van der Waals surface area contributed by atoms with Gasteiger partial charge < -0.3 is 0 Å². The zero-order chi connectivity index (χ0) is 11.8. The summed E-state index contributed by atoms with van der Waals surface area (Å²) in [6, 6.07) is 0. The number of aryl methyl sites for hydroxylation is 1. The molecule has 1 aliphatic carbocycles. The zero-order valence-electron chi connectivity index (χ0n) is 9.99. The Bertz CT molecular complexity index is 541. The fourth-order valence-corrected chi connectivity index (χ4v) is 3.48. The minimum Gasteiger partial charge on any atom is -0.299 e. The van der Waals surface area contributed by atoms with Crippen molar-refractivity contribution >= 4 is 21.4 Å². The van der Waals surface area contributed by atoms with E-state index in [1.807, 2.05) is 19.3 Å². The molecule has 0 aromatic carbocycles. The average Bonchev–Trinajstić information content (AvgIpc) is 2.69. The zero-order valence-corrected chi connectivity index (χ0v) is 11.6. The normalized spacial score (nSPS) is 17.8. The van der Waals surface area contributed by atoms with Gasteiger partial charge in [0.15, 0.2) is 0 Å². The largest absolute Gasteiger partial charge is 0.299 e. The lowest BCUT2D eigenvalue weighted by molar-refractivity contribution is 0.427. The van der Waals surface area contributed by atoms with Gasteiger partial charge in [-0.2, -0.15) is 0 Å². The number of nitrogens with zero attached hydrogens (tertiary/aromatic N) is 3. The van der Waals surface area contributed by atoms with Gasteiger partial charge in [-0.15, -0.1) is 0 Å². The molecule has 2 aromatic heterocycles. The summed E-state index contributed by atoms with van der Waals surface area (Å²) in [6.45, 7) is 2.03. The second kappa shape index (κ2) is 4.41. The monoisotopic (exact) mass is 293 g/mol. The fraction of sp³-hybridized carbons (Fsp3) is 0.538. The third-order valence-electron chi connectivity index (χ3n) is 3.69. The number of hydrogen-bond donors (Lipinski definition) is 0. The number of rotatable bonds is 1. The molecule has 0 atom stereocenters. The summed E-state index contributed by atoms with van der Waals surface area (Å²) in [6.07, 6.45) is 10.5. The summed E-state index contributed by atoms with van der Waals surface area (Å²) in [4.78, 5) is 9.05. The van der Waals surface area contributed by atoms with E-state index < -0.39 is 0 Å². The molecule has 4 heteroatoms. The van der Waals surface area contributed by atoms with Gasteiger partial charge in [-0.05, 0) is 35.7 Å². The maximum Gasteiger partial charge on any atom is 0.134 e. The minimum atomic E-state index is 0.615. The maximum absolute atomic E-state index is 4.71. The molecule has 1 saturated carbocycles. The summed E-state index contributed by atoms with van der Waals surface area (Å²) in [5.74, 6) is 1.82. The van der Waals surface area contributed by atoms with Gasteiger partial charge in [0.05, 0.1) is 5.69 Å². The molecule has 1 aliphatic rings. The van der Waals surface area contributed by atoms with E-state index >= 15 is 0 Å². The first kappa shape index (κ1) is 11.2. The molecule has 3 nitrogen and oxygen atoms in total. The van der Waals surface area contributed by atoms with Crippen LogP contribution in [0.5, 0.6) is 0 Å². The van der Waals surface area contributed by atoms with Crippen molar-refractivity contribution in [2.45, 2.75) is 44.9 Å². The van der Waals surface area contributed by atoms with Gasteiger partial charge in [0, 0.05) is 18.3 Å². The lowest BCUT2D eigenvalue weighted by atomic mass is 9.89. The number of aromatic nitrogens is 3. The van der Waals surface area contributed by atoms with E-state index in [4.69, 9.17) is 4.98 Å². The first-order chi connectivity index (χ1) is 8.27. The third kappa shape index (κ3) is 1.88. The van der Waals surface area contributed by atoms with E-state index in [-0.39, 0.29) is 0 Å². The Morgan fingerprint density at radius 3 is 2.82 bits per heavy atom. The van der Waals surface area contributed by atoms with Crippen LogP contribution in [0.15, 0.2) is 17.0 Å². The van der Waals surface area contributed by atoms with Crippen LogP contribution in [0.3, 0.4) is 0 Å². The molecule has 2 aromatic rings. The Balaban J connectivity index is 2.13. The van der Waals surface area contributed by atoms with E-state index in [0.29, 0.717) is 5.92 Å². The summed E-state index contributed by atoms with van der Waals surface area (Å²) < 4.78 is 3.14. The third-order valence-corrected chi connectivity index (χ3v) is 4.25. The lowest BCUT2D eigenvalue weighted by Crippen LogP contribution is -2.08. The number of halogens is 1. The van der Waals surface area contributed by atoms with E-state index in [2.05, 4.69) is 25.3 Å². The second-order valence-corrected chi connectivity index (χ2v) is 5.58. The van der Waals surface area contributed by atoms with Crippen LogP contribution in [0.2, 0.25) is 0 Å². The SMILES string of the molecule is Cc1nccn2c(C3CCCCC3)nc(Br)c12. The van der Waals surface area contributed by atoms with E-state index in [1.54, 1.807) is 0 Å². The van der Waals surface area contributed by atoms with Crippen LogP contribution in [-0.4, -0.2) is 14.4 Å². The number of hydrogen-bond acceptors (Lipinski definition) is 2. The predicted molar refractivity (Wildman–Crippen MR) is 71.3 cm³/mol. The lowest BCUT2D eigenvalue weighted by Gasteiger charge is -2.20. The van der Waals surface area contributed by atoms with Crippen LogP contribution < -0.4 is 0 Å². The van der Waals surface area contributed by atoms with Crippen molar-refractivity contribution in [2.75, 3.05) is 0 Å². The molecule has 2 heterocycles. The molecule has 1 fully saturated rings. The van der Waals surface area contributed by atoms with Gasteiger partial charge in [0.1, 0.15) is 15.9 Å². The Kier molecular flexibility index (Phi) is 2.90. The summed E-state index contributed by atoms with van der Waals surface area (Å²) in [7, 11) is 0. The van der Waals surface area contributed by atoms with Crippen molar-refractivity contribution in [1.82, 2.24) is 14.4 Å².